The molecule has 0 unspecified atom stereocenters. The van der Waals surface area contributed by atoms with Crippen molar-refractivity contribution in [2.24, 2.45) is 11.7 Å². The maximum absolute atomic E-state index is 12.5. The van der Waals surface area contributed by atoms with Crippen LogP contribution in [-0.2, 0) is 9.59 Å². The highest BCUT2D eigenvalue weighted by molar-refractivity contribution is 5.84. The zero-order chi connectivity index (χ0) is 15.3. The van der Waals surface area contributed by atoms with Crippen LogP contribution >= 0.6 is 0 Å². The molecule has 2 atom stereocenters. The number of aliphatic carboxylic acids is 1. The Morgan fingerprint density at radius 2 is 2.10 bits per heavy atom. The molecule has 1 aliphatic heterocycles. The van der Waals surface area contributed by atoms with Gasteiger partial charge in [-0.1, -0.05) is 6.92 Å². The number of urea groups is 1. The van der Waals surface area contributed by atoms with Gasteiger partial charge in [-0.3, -0.25) is 9.59 Å². The number of nitrogens with zero attached hydrogens (tertiary/aromatic N) is 2. The Morgan fingerprint density at radius 1 is 1.45 bits per heavy atom. The molecule has 7 heteroatoms. The van der Waals surface area contributed by atoms with Gasteiger partial charge >= 0.3 is 12.0 Å². The van der Waals surface area contributed by atoms with Crippen molar-refractivity contribution in [1.29, 1.82) is 0 Å². The fourth-order valence-electron chi connectivity index (χ4n) is 2.43. The second-order valence-corrected chi connectivity index (χ2v) is 5.24. The lowest BCUT2D eigenvalue weighted by Gasteiger charge is -2.35. The van der Waals surface area contributed by atoms with Gasteiger partial charge in [0, 0.05) is 19.1 Å². The van der Waals surface area contributed by atoms with Gasteiger partial charge in [0.1, 0.15) is 6.54 Å². The topological polar surface area (TPSA) is 104 Å². The SMILES string of the molecule is CC[C@H](C)N(CC(=O)O)C(=O)[C@H]1CCCN(C(N)=O)C1. The van der Waals surface area contributed by atoms with Crippen LogP contribution in [0.1, 0.15) is 33.1 Å². The van der Waals surface area contributed by atoms with Crippen molar-refractivity contribution < 1.29 is 19.5 Å². The Kier molecular flexibility index (Phi) is 5.79. The third-order valence-corrected chi connectivity index (χ3v) is 3.79. The molecule has 0 aliphatic carbocycles. The molecule has 1 saturated heterocycles. The molecule has 1 fully saturated rings. The molecule has 1 rings (SSSR count). The molecule has 20 heavy (non-hydrogen) atoms. The van der Waals surface area contributed by atoms with E-state index in [4.69, 9.17) is 10.8 Å². The van der Waals surface area contributed by atoms with Gasteiger partial charge in [-0.15, -0.1) is 0 Å². The predicted molar refractivity (Wildman–Crippen MR) is 73.0 cm³/mol. The van der Waals surface area contributed by atoms with Crippen LogP contribution in [-0.4, -0.2) is 58.5 Å². The quantitative estimate of drug-likeness (QED) is 0.767. The molecule has 0 spiro atoms. The smallest absolute Gasteiger partial charge is 0.323 e. The lowest BCUT2D eigenvalue weighted by Crippen LogP contribution is -2.51. The van der Waals surface area contributed by atoms with Gasteiger partial charge in [0.15, 0.2) is 0 Å². The first kappa shape index (κ1) is 16.3. The first-order valence-electron chi connectivity index (χ1n) is 6.93. The minimum atomic E-state index is -1.03. The van der Waals surface area contributed by atoms with Crippen LogP contribution in [0.4, 0.5) is 4.79 Å². The molecule has 3 amide bonds. The lowest BCUT2D eigenvalue weighted by atomic mass is 9.96. The van der Waals surface area contributed by atoms with E-state index in [1.807, 2.05) is 13.8 Å². The Bertz CT molecular complexity index is 386. The Labute approximate surface area is 118 Å². The number of nitrogens with two attached hydrogens (primary N) is 1. The highest BCUT2D eigenvalue weighted by Gasteiger charge is 2.32. The summed E-state index contributed by atoms with van der Waals surface area (Å²) in [6.45, 7) is 4.27. The fraction of sp³-hybridized carbons (Fsp3) is 0.769. The van der Waals surface area contributed by atoms with Gasteiger partial charge in [0.2, 0.25) is 5.91 Å². The summed E-state index contributed by atoms with van der Waals surface area (Å²) in [4.78, 5) is 37.4. The molecule has 3 N–H and O–H groups in total. The Hall–Kier alpha value is -1.79. The van der Waals surface area contributed by atoms with Crippen LogP contribution in [0, 0.1) is 5.92 Å². The van der Waals surface area contributed by atoms with E-state index in [0.29, 0.717) is 25.8 Å². The summed E-state index contributed by atoms with van der Waals surface area (Å²) in [6.07, 6.45) is 2.06. The number of carbonyl (C=O) groups excluding carboxylic acids is 2. The van der Waals surface area contributed by atoms with Crippen LogP contribution in [0.5, 0.6) is 0 Å². The van der Waals surface area contributed by atoms with E-state index < -0.39 is 12.0 Å². The van der Waals surface area contributed by atoms with Gasteiger partial charge in [-0.25, -0.2) is 4.79 Å². The van der Waals surface area contributed by atoms with E-state index >= 15 is 0 Å². The van der Waals surface area contributed by atoms with E-state index in [1.165, 1.54) is 9.80 Å². The van der Waals surface area contributed by atoms with E-state index in [1.54, 1.807) is 0 Å². The second-order valence-electron chi connectivity index (χ2n) is 5.24. The monoisotopic (exact) mass is 285 g/mol. The Morgan fingerprint density at radius 3 is 2.60 bits per heavy atom. The largest absolute Gasteiger partial charge is 0.480 e. The molecule has 0 aromatic carbocycles. The van der Waals surface area contributed by atoms with Crippen molar-refractivity contribution in [1.82, 2.24) is 9.80 Å². The van der Waals surface area contributed by atoms with Gasteiger partial charge in [-0.2, -0.15) is 0 Å². The number of primary amides is 1. The normalized spacial score (nSPS) is 20.3. The first-order valence-corrected chi connectivity index (χ1v) is 6.93. The zero-order valence-corrected chi connectivity index (χ0v) is 12.0. The molecule has 1 aliphatic rings. The van der Waals surface area contributed by atoms with Gasteiger partial charge in [0.05, 0.1) is 5.92 Å². The maximum atomic E-state index is 12.5. The minimum Gasteiger partial charge on any atom is -0.480 e. The maximum Gasteiger partial charge on any atom is 0.323 e. The van der Waals surface area contributed by atoms with Crippen LogP contribution in [0.2, 0.25) is 0 Å². The number of rotatable bonds is 5. The molecule has 0 aromatic rings. The van der Waals surface area contributed by atoms with E-state index in [0.717, 1.165) is 0 Å². The number of piperidine rings is 1. The van der Waals surface area contributed by atoms with Crippen LogP contribution in [0.3, 0.4) is 0 Å². The summed E-state index contributed by atoms with van der Waals surface area (Å²) in [5.74, 6) is -1.58. The van der Waals surface area contributed by atoms with Gasteiger partial charge in [-0.05, 0) is 26.2 Å². The summed E-state index contributed by atoms with van der Waals surface area (Å²) < 4.78 is 0. The number of carboxylic acid groups (broad SMARTS) is 1. The third kappa shape index (κ3) is 4.11. The average molecular weight is 285 g/mol. The van der Waals surface area contributed by atoms with Gasteiger partial charge < -0.3 is 20.6 Å². The third-order valence-electron chi connectivity index (χ3n) is 3.79. The molecular weight excluding hydrogens is 262 g/mol. The Balaban J connectivity index is 2.77. The number of hydrogen-bond donors (Lipinski definition) is 2. The highest BCUT2D eigenvalue weighted by Crippen LogP contribution is 2.20. The molecule has 0 radical (unpaired) electrons. The zero-order valence-electron chi connectivity index (χ0n) is 12.0. The van der Waals surface area contributed by atoms with E-state index in [9.17, 15) is 14.4 Å². The molecule has 1 heterocycles. The van der Waals surface area contributed by atoms with Crippen molar-refractivity contribution in [3.8, 4) is 0 Å². The van der Waals surface area contributed by atoms with Crippen LogP contribution < -0.4 is 5.73 Å². The first-order chi connectivity index (χ1) is 9.36. The van der Waals surface area contributed by atoms with Crippen molar-refractivity contribution in [2.45, 2.75) is 39.2 Å². The number of hydrogen-bond acceptors (Lipinski definition) is 3. The second kappa shape index (κ2) is 7.12. The van der Waals surface area contributed by atoms with E-state index in [2.05, 4.69) is 0 Å². The summed E-state index contributed by atoms with van der Waals surface area (Å²) in [5, 5.41) is 8.94. The molecule has 0 bridgehead atoms. The van der Waals surface area contributed by atoms with Gasteiger partial charge in [0.25, 0.3) is 0 Å². The molecular formula is C13H23N3O4. The summed E-state index contributed by atoms with van der Waals surface area (Å²) in [7, 11) is 0. The molecule has 114 valence electrons. The number of likely N-dealkylation sites (tertiary alicyclic amines) is 1. The van der Waals surface area contributed by atoms with Crippen LogP contribution in [0.15, 0.2) is 0 Å². The van der Waals surface area contributed by atoms with Crippen molar-refractivity contribution in [2.75, 3.05) is 19.6 Å². The summed E-state index contributed by atoms with van der Waals surface area (Å²) >= 11 is 0. The van der Waals surface area contributed by atoms with Crippen molar-refractivity contribution in [3.63, 3.8) is 0 Å². The van der Waals surface area contributed by atoms with E-state index in [-0.39, 0.29) is 31.0 Å². The van der Waals surface area contributed by atoms with Crippen molar-refractivity contribution >= 4 is 17.9 Å². The van der Waals surface area contributed by atoms with Crippen molar-refractivity contribution in [3.05, 3.63) is 0 Å². The fourth-order valence-corrected chi connectivity index (χ4v) is 2.43. The molecule has 0 aromatic heterocycles. The average Bonchev–Trinajstić information content (AvgIpc) is 2.43. The number of amides is 3. The molecule has 0 saturated carbocycles. The minimum absolute atomic E-state index is 0.137. The van der Waals surface area contributed by atoms with Crippen LogP contribution in [0.25, 0.3) is 0 Å². The molecule has 7 nitrogen and oxygen atoms in total. The summed E-state index contributed by atoms with van der Waals surface area (Å²) in [6, 6.07) is -0.668. The number of carboxylic acids is 1. The summed E-state index contributed by atoms with van der Waals surface area (Å²) in [5.41, 5.74) is 5.24. The highest BCUT2D eigenvalue weighted by atomic mass is 16.4. The lowest BCUT2D eigenvalue weighted by molar-refractivity contribution is -0.148. The number of carbonyl (C=O) groups is 3. The standard InChI is InChI=1S/C13H23N3O4/c1-3-9(2)16(8-11(17)18)12(19)10-5-4-6-15(7-10)13(14)20/h9-10H,3-8H2,1-2H3,(H2,14,20)(H,17,18)/t9-,10-/m0/s1. The predicted octanol–water partition coefficient (Wildman–Crippen LogP) is 0.489.